The number of nitrogens with zero attached hydrogens (tertiary/aromatic N) is 1. The van der Waals surface area contributed by atoms with Crippen molar-refractivity contribution in [2.24, 2.45) is 11.8 Å². The molecule has 0 amide bonds. The molecule has 0 aliphatic heterocycles. The summed E-state index contributed by atoms with van der Waals surface area (Å²) in [5.41, 5.74) is 0. The van der Waals surface area contributed by atoms with Gasteiger partial charge >= 0.3 is 0 Å². The van der Waals surface area contributed by atoms with E-state index in [0.717, 1.165) is 57.8 Å². The van der Waals surface area contributed by atoms with Crippen molar-refractivity contribution < 1.29 is 19.4 Å². The van der Waals surface area contributed by atoms with E-state index in [1.165, 1.54) is 154 Å². The third-order valence-corrected chi connectivity index (χ3v) is 9.05. The van der Waals surface area contributed by atoms with Gasteiger partial charge in [0, 0.05) is 46.0 Å². The number of aliphatic hydroxyl groups excluding tert-OH is 1. The second kappa shape index (κ2) is 41.5. The Kier molecular flexibility index (Phi) is 43.0. The van der Waals surface area contributed by atoms with Crippen LogP contribution in [0.4, 0.5) is 0 Å². The summed E-state index contributed by atoms with van der Waals surface area (Å²) in [5.74, 6) is 1.12. The number of aldehydes is 1. The Balaban J connectivity index is 0. The van der Waals surface area contributed by atoms with Gasteiger partial charge in [-0.25, -0.2) is 0 Å². The molecule has 0 aromatic carbocycles. The molecule has 0 spiro atoms. The van der Waals surface area contributed by atoms with Gasteiger partial charge in [0.25, 0.3) is 0 Å². The predicted molar refractivity (Wildman–Crippen MR) is 197 cm³/mol. The topological polar surface area (TPSA) is 59.0 Å². The highest BCUT2D eigenvalue weighted by Gasteiger charge is 2.09. The van der Waals surface area contributed by atoms with Crippen LogP contribution in [-0.2, 0) is 14.3 Å². The lowest BCUT2D eigenvalue weighted by Crippen LogP contribution is -2.28. The second-order valence-corrected chi connectivity index (χ2v) is 13.6. The highest BCUT2D eigenvalue weighted by molar-refractivity contribution is 5.53. The van der Waals surface area contributed by atoms with Crippen molar-refractivity contribution in [3.8, 4) is 0 Å². The lowest BCUT2D eigenvalue weighted by Gasteiger charge is -2.22. The van der Waals surface area contributed by atoms with Gasteiger partial charge in [-0.05, 0) is 76.8 Å². The molecule has 5 nitrogen and oxygen atoms in total. The summed E-state index contributed by atoms with van der Waals surface area (Å²) < 4.78 is 11.2. The summed E-state index contributed by atoms with van der Waals surface area (Å²) in [4.78, 5) is 13.2. The maximum absolute atomic E-state index is 10.7. The fourth-order valence-corrected chi connectivity index (χ4v) is 5.95. The van der Waals surface area contributed by atoms with Crippen LogP contribution in [0, 0.1) is 11.8 Å². The van der Waals surface area contributed by atoms with Crippen molar-refractivity contribution in [1.82, 2.24) is 4.90 Å². The molecule has 45 heavy (non-hydrogen) atoms. The minimum absolute atomic E-state index is 0.305. The monoisotopic (exact) mass is 642 g/mol. The summed E-state index contributed by atoms with van der Waals surface area (Å²) in [7, 11) is 1.78. The first-order valence-electron chi connectivity index (χ1n) is 20.0. The molecule has 0 saturated carbocycles. The SMILES string of the molecule is CCCCCCC(C=O)CCCC.CCCCCCC(CCCC)COCCCCCCN(CCCO)CCCCCCOC. The lowest BCUT2D eigenvalue weighted by atomic mass is 9.96. The molecule has 0 bridgehead atoms. The minimum Gasteiger partial charge on any atom is -0.396 e. The highest BCUT2D eigenvalue weighted by Crippen LogP contribution is 2.18. The molecule has 0 radical (unpaired) electrons. The maximum atomic E-state index is 10.7. The van der Waals surface area contributed by atoms with Gasteiger partial charge in [0.05, 0.1) is 0 Å². The highest BCUT2D eigenvalue weighted by atomic mass is 16.5. The van der Waals surface area contributed by atoms with Crippen LogP contribution in [0.2, 0.25) is 0 Å². The average molecular weight is 642 g/mol. The summed E-state index contributed by atoms with van der Waals surface area (Å²) in [5, 5.41) is 9.18. The van der Waals surface area contributed by atoms with Crippen molar-refractivity contribution in [2.45, 2.75) is 188 Å². The molecule has 2 unspecified atom stereocenters. The van der Waals surface area contributed by atoms with Crippen LogP contribution in [0.15, 0.2) is 0 Å². The molecule has 2 atom stereocenters. The molecular formula is C40H83NO4. The van der Waals surface area contributed by atoms with E-state index in [0.29, 0.717) is 12.5 Å². The molecule has 0 fully saturated rings. The fourth-order valence-electron chi connectivity index (χ4n) is 5.95. The van der Waals surface area contributed by atoms with E-state index in [2.05, 4.69) is 32.6 Å². The second-order valence-electron chi connectivity index (χ2n) is 13.6. The Hall–Kier alpha value is -0.490. The third-order valence-electron chi connectivity index (χ3n) is 9.05. The van der Waals surface area contributed by atoms with E-state index in [9.17, 15) is 9.90 Å². The smallest absolute Gasteiger partial charge is 0.123 e. The first kappa shape index (κ1) is 46.6. The van der Waals surface area contributed by atoms with Gasteiger partial charge in [-0.15, -0.1) is 0 Å². The number of aliphatic hydroxyl groups is 1. The van der Waals surface area contributed by atoms with Crippen molar-refractivity contribution >= 4 is 6.29 Å². The lowest BCUT2D eigenvalue weighted by molar-refractivity contribution is -0.111. The Morgan fingerprint density at radius 1 is 0.556 bits per heavy atom. The quantitative estimate of drug-likeness (QED) is 0.0545. The number of carbonyl (C=O) groups excluding carboxylic acids is 1. The van der Waals surface area contributed by atoms with Gasteiger partial charge in [-0.2, -0.15) is 0 Å². The zero-order valence-corrected chi connectivity index (χ0v) is 31.5. The summed E-state index contributed by atoms with van der Waals surface area (Å²) in [6, 6.07) is 0. The van der Waals surface area contributed by atoms with Gasteiger partial charge in [0.15, 0.2) is 0 Å². The number of carbonyl (C=O) groups is 1. The van der Waals surface area contributed by atoms with Gasteiger partial charge in [-0.1, -0.05) is 130 Å². The van der Waals surface area contributed by atoms with Crippen LogP contribution in [0.5, 0.6) is 0 Å². The molecule has 0 aromatic rings. The predicted octanol–water partition coefficient (Wildman–Crippen LogP) is 11.2. The zero-order valence-electron chi connectivity index (χ0n) is 31.5. The van der Waals surface area contributed by atoms with Crippen LogP contribution < -0.4 is 0 Å². The molecule has 0 aliphatic carbocycles. The Morgan fingerprint density at radius 3 is 1.58 bits per heavy atom. The molecule has 5 heteroatoms. The number of rotatable bonds is 36. The van der Waals surface area contributed by atoms with Gasteiger partial charge in [0.1, 0.15) is 6.29 Å². The first-order chi connectivity index (χ1) is 22.1. The molecule has 0 aliphatic rings. The number of hydrogen-bond donors (Lipinski definition) is 1. The molecule has 0 aromatic heterocycles. The summed E-state index contributed by atoms with van der Waals surface area (Å²) in [6.45, 7) is 15.5. The van der Waals surface area contributed by atoms with Crippen molar-refractivity contribution in [3.63, 3.8) is 0 Å². The molecule has 272 valence electrons. The van der Waals surface area contributed by atoms with Crippen LogP contribution in [-0.4, -0.2) is 69.5 Å². The van der Waals surface area contributed by atoms with E-state index >= 15 is 0 Å². The average Bonchev–Trinajstić information content (AvgIpc) is 3.06. The van der Waals surface area contributed by atoms with Crippen molar-refractivity contribution in [1.29, 1.82) is 0 Å². The van der Waals surface area contributed by atoms with E-state index in [1.807, 2.05) is 0 Å². The Bertz CT molecular complexity index is 532. The van der Waals surface area contributed by atoms with Gasteiger partial charge in [0.2, 0.25) is 0 Å². The largest absolute Gasteiger partial charge is 0.396 e. The first-order valence-corrected chi connectivity index (χ1v) is 20.0. The van der Waals surface area contributed by atoms with Crippen molar-refractivity contribution in [3.05, 3.63) is 0 Å². The van der Waals surface area contributed by atoms with E-state index < -0.39 is 0 Å². The minimum atomic E-state index is 0.305. The zero-order chi connectivity index (χ0) is 33.5. The fraction of sp³-hybridized carbons (Fsp3) is 0.975. The standard InChI is InChI=1S/C28H59NO3.C12H24O/c1-4-6-8-13-20-28(19-7-5-2)27-32-26-17-12-10-15-22-29(23-18-24-30)21-14-9-11-16-25-31-3;1-3-5-7-8-10-12(11-13)9-6-4-2/h28,30H,4-27H2,1-3H3;11-12H,3-10H2,1-2H3. The number of unbranched alkanes of at least 4 members (excludes halogenated alkanes) is 14. The molecule has 0 heterocycles. The summed E-state index contributed by atoms with van der Waals surface area (Å²) >= 11 is 0. The molecule has 0 saturated heterocycles. The van der Waals surface area contributed by atoms with Crippen molar-refractivity contribution in [2.75, 3.05) is 53.2 Å². The molecule has 1 N–H and O–H groups in total. The van der Waals surface area contributed by atoms with Gasteiger partial charge in [-0.3, -0.25) is 0 Å². The molecule has 0 rings (SSSR count). The Labute approximate surface area is 283 Å². The third kappa shape index (κ3) is 37.8. The number of hydrogen-bond acceptors (Lipinski definition) is 5. The van der Waals surface area contributed by atoms with Gasteiger partial charge < -0.3 is 24.3 Å². The van der Waals surface area contributed by atoms with Crippen LogP contribution >= 0.6 is 0 Å². The van der Waals surface area contributed by atoms with Crippen LogP contribution in [0.3, 0.4) is 0 Å². The Morgan fingerprint density at radius 2 is 1.02 bits per heavy atom. The van der Waals surface area contributed by atoms with Crippen LogP contribution in [0.25, 0.3) is 0 Å². The van der Waals surface area contributed by atoms with E-state index in [-0.39, 0.29) is 0 Å². The number of ether oxygens (including phenoxy) is 2. The summed E-state index contributed by atoms with van der Waals surface area (Å²) in [6.07, 6.45) is 32.7. The molecular weight excluding hydrogens is 558 g/mol. The maximum Gasteiger partial charge on any atom is 0.123 e. The number of methoxy groups -OCH3 is 1. The van der Waals surface area contributed by atoms with E-state index in [4.69, 9.17) is 9.47 Å². The van der Waals surface area contributed by atoms with E-state index in [1.54, 1.807) is 7.11 Å². The normalized spacial score (nSPS) is 12.7. The van der Waals surface area contributed by atoms with Crippen LogP contribution in [0.1, 0.15) is 188 Å².